The summed E-state index contributed by atoms with van der Waals surface area (Å²) in [5.41, 5.74) is 8.54. The normalized spacial score (nSPS) is 10.5. The monoisotopic (exact) mass is 261 g/mol. The molecule has 5 heteroatoms. The molecule has 0 spiro atoms. The van der Waals surface area contributed by atoms with Gasteiger partial charge >= 0.3 is 0 Å². The quantitative estimate of drug-likeness (QED) is 0.895. The zero-order chi connectivity index (χ0) is 13.8. The Morgan fingerprint density at radius 1 is 1.26 bits per heavy atom. The Kier molecular flexibility index (Phi) is 3.94. The third-order valence-corrected chi connectivity index (χ3v) is 2.98. The average Bonchev–Trinajstić information content (AvgIpc) is 2.72. The van der Waals surface area contributed by atoms with Gasteiger partial charge in [-0.3, -0.25) is 0 Å². The molecule has 0 fully saturated rings. The molecule has 1 heterocycles. The number of aryl methyl sites for hydroxylation is 2. The molecule has 102 valence electrons. The van der Waals surface area contributed by atoms with Crippen LogP contribution in [0.1, 0.15) is 18.2 Å². The highest BCUT2D eigenvalue weighted by molar-refractivity contribution is 5.53. The number of hydrogen-bond acceptors (Lipinski definition) is 4. The maximum absolute atomic E-state index is 6.00. The van der Waals surface area contributed by atoms with Gasteiger partial charge in [0, 0.05) is 7.05 Å². The van der Waals surface area contributed by atoms with E-state index in [-0.39, 0.29) is 0 Å². The molecular weight excluding hydrogens is 242 g/mol. The fraction of sp³-hybridized carbons (Fsp3) is 0.357. The summed E-state index contributed by atoms with van der Waals surface area (Å²) in [6, 6.07) is 7.74. The maximum Gasteiger partial charge on any atom is 0.236 e. The molecule has 0 aliphatic heterocycles. The summed E-state index contributed by atoms with van der Waals surface area (Å²) in [7, 11) is 3.48. The smallest absolute Gasteiger partial charge is 0.236 e. The Morgan fingerprint density at radius 3 is 2.47 bits per heavy atom. The summed E-state index contributed by atoms with van der Waals surface area (Å²) in [5.74, 6) is 1.45. The van der Waals surface area contributed by atoms with Crippen LogP contribution in [0, 0.1) is 0 Å². The van der Waals surface area contributed by atoms with Crippen molar-refractivity contribution in [2.75, 3.05) is 12.8 Å². The lowest BCUT2D eigenvalue weighted by molar-refractivity contribution is 0.280. The summed E-state index contributed by atoms with van der Waals surface area (Å²) >= 11 is 0. The average molecular weight is 261 g/mol. The predicted octanol–water partition coefficient (Wildman–Crippen LogP) is 2.15. The number of ether oxygens (including phenoxy) is 2. The summed E-state index contributed by atoms with van der Waals surface area (Å²) in [5, 5.41) is 4.31. The second-order valence-corrected chi connectivity index (χ2v) is 4.28. The van der Waals surface area contributed by atoms with Gasteiger partial charge in [-0.1, -0.05) is 19.1 Å². The van der Waals surface area contributed by atoms with Crippen molar-refractivity contribution >= 4 is 5.69 Å². The number of hydrogen-bond donors (Lipinski definition) is 1. The Balaban J connectivity index is 2.07. The van der Waals surface area contributed by atoms with Crippen molar-refractivity contribution < 1.29 is 9.47 Å². The van der Waals surface area contributed by atoms with Crippen LogP contribution in [-0.4, -0.2) is 16.9 Å². The number of nitrogens with two attached hydrogens (primary N) is 1. The number of nitrogen functional groups attached to an aromatic ring is 1. The Morgan fingerprint density at radius 2 is 1.95 bits per heavy atom. The first-order valence-corrected chi connectivity index (χ1v) is 6.22. The minimum atomic E-state index is 0.455. The highest BCUT2D eigenvalue weighted by Crippen LogP contribution is 2.25. The minimum absolute atomic E-state index is 0.455. The molecule has 2 rings (SSSR count). The van der Waals surface area contributed by atoms with Gasteiger partial charge in [0.1, 0.15) is 18.0 Å². The van der Waals surface area contributed by atoms with E-state index in [1.54, 1.807) is 11.8 Å². The second kappa shape index (κ2) is 5.65. The first-order chi connectivity index (χ1) is 9.15. The molecule has 2 N–H and O–H groups in total. The van der Waals surface area contributed by atoms with Gasteiger partial charge in [0.05, 0.1) is 12.8 Å². The van der Waals surface area contributed by atoms with Gasteiger partial charge in [-0.05, 0) is 24.1 Å². The van der Waals surface area contributed by atoms with E-state index in [1.807, 2.05) is 38.2 Å². The molecule has 0 radical (unpaired) electrons. The zero-order valence-electron chi connectivity index (χ0n) is 11.5. The van der Waals surface area contributed by atoms with Crippen LogP contribution < -0.4 is 15.2 Å². The molecule has 19 heavy (non-hydrogen) atoms. The van der Waals surface area contributed by atoms with Crippen molar-refractivity contribution in [3.63, 3.8) is 0 Å². The lowest BCUT2D eigenvalue weighted by atomic mass is 10.2. The van der Waals surface area contributed by atoms with E-state index in [4.69, 9.17) is 15.2 Å². The largest absolute Gasteiger partial charge is 0.497 e. The summed E-state index contributed by atoms with van der Waals surface area (Å²) < 4.78 is 12.5. The molecule has 0 saturated heterocycles. The molecule has 1 aromatic heterocycles. The van der Waals surface area contributed by atoms with Gasteiger partial charge in [-0.25, -0.2) is 4.68 Å². The van der Waals surface area contributed by atoms with Crippen LogP contribution in [0.2, 0.25) is 0 Å². The fourth-order valence-electron chi connectivity index (χ4n) is 1.88. The van der Waals surface area contributed by atoms with Gasteiger partial charge in [0.25, 0.3) is 0 Å². The SMILES string of the molecule is CCc1nn(C)c(OCc2ccc(OC)cc2)c1N. The number of aromatic nitrogens is 2. The molecule has 5 nitrogen and oxygen atoms in total. The van der Waals surface area contributed by atoms with Crippen molar-refractivity contribution in [1.29, 1.82) is 0 Å². The number of methoxy groups -OCH3 is 1. The molecule has 0 amide bonds. The van der Waals surface area contributed by atoms with Crippen LogP contribution >= 0.6 is 0 Å². The molecule has 0 saturated carbocycles. The zero-order valence-corrected chi connectivity index (χ0v) is 11.5. The number of anilines is 1. The standard InChI is InChI=1S/C14H19N3O2/c1-4-12-13(15)14(17(2)16-12)19-9-10-5-7-11(18-3)8-6-10/h5-8H,4,9,15H2,1-3H3. The van der Waals surface area contributed by atoms with Gasteiger partial charge in [0.15, 0.2) is 0 Å². The fourth-order valence-corrected chi connectivity index (χ4v) is 1.88. The van der Waals surface area contributed by atoms with E-state index in [2.05, 4.69) is 5.10 Å². The van der Waals surface area contributed by atoms with Crippen LogP contribution in [0.3, 0.4) is 0 Å². The van der Waals surface area contributed by atoms with Crippen molar-refractivity contribution in [3.8, 4) is 11.6 Å². The highest BCUT2D eigenvalue weighted by Gasteiger charge is 2.13. The van der Waals surface area contributed by atoms with Crippen molar-refractivity contribution in [1.82, 2.24) is 9.78 Å². The van der Waals surface area contributed by atoms with Crippen LogP contribution in [0.25, 0.3) is 0 Å². The highest BCUT2D eigenvalue weighted by atomic mass is 16.5. The van der Waals surface area contributed by atoms with E-state index in [9.17, 15) is 0 Å². The van der Waals surface area contributed by atoms with E-state index >= 15 is 0 Å². The van der Waals surface area contributed by atoms with E-state index in [0.717, 1.165) is 23.4 Å². The summed E-state index contributed by atoms with van der Waals surface area (Å²) in [6.45, 7) is 2.48. The molecule has 0 bridgehead atoms. The van der Waals surface area contributed by atoms with Crippen LogP contribution in [0.15, 0.2) is 24.3 Å². The van der Waals surface area contributed by atoms with Crippen molar-refractivity contribution in [3.05, 3.63) is 35.5 Å². The molecule has 0 aliphatic rings. The molecule has 0 unspecified atom stereocenters. The van der Waals surface area contributed by atoms with Crippen LogP contribution in [0.5, 0.6) is 11.6 Å². The lowest BCUT2D eigenvalue weighted by Gasteiger charge is -2.08. The Bertz CT molecular complexity index is 547. The number of rotatable bonds is 5. The van der Waals surface area contributed by atoms with Gasteiger partial charge < -0.3 is 15.2 Å². The topological polar surface area (TPSA) is 62.3 Å². The van der Waals surface area contributed by atoms with Gasteiger partial charge in [-0.2, -0.15) is 5.10 Å². The summed E-state index contributed by atoms with van der Waals surface area (Å²) in [6.07, 6.45) is 0.797. The van der Waals surface area contributed by atoms with Gasteiger partial charge in [-0.15, -0.1) is 0 Å². The van der Waals surface area contributed by atoms with E-state index in [1.165, 1.54) is 0 Å². The minimum Gasteiger partial charge on any atom is -0.497 e. The first kappa shape index (κ1) is 13.3. The Labute approximate surface area is 112 Å². The predicted molar refractivity (Wildman–Crippen MR) is 74.3 cm³/mol. The third-order valence-electron chi connectivity index (χ3n) is 2.98. The van der Waals surface area contributed by atoms with Crippen LogP contribution in [-0.2, 0) is 20.1 Å². The lowest BCUT2D eigenvalue weighted by Crippen LogP contribution is -2.02. The molecule has 0 aliphatic carbocycles. The van der Waals surface area contributed by atoms with Crippen LogP contribution in [0.4, 0.5) is 5.69 Å². The second-order valence-electron chi connectivity index (χ2n) is 4.28. The van der Waals surface area contributed by atoms with Gasteiger partial charge in [0.2, 0.25) is 5.88 Å². The molecular formula is C14H19N3O2. The maximum atomic E-state index is 6.00. The summed E-state index contributed by atoms with van der Waals surface area (Å²) in [4.78, 5) is 0. The number of benzene rings is 1. The number of nitrogens with zero attached hydrogens (tertiary/aromatic N) is 2. The van der Waals surface area contributed by atoms with Crippen molar-refractivity contribution in [2.45, 2.75) is 20.0 Å². The van der Waals surface area contributed by atoms with E-state index < -0.39 is 0 Å². The third kappa shape index (κ3) is 2.81. The Hall–Kier alpha value is -2.17. The van der Waals surface area contributed by atoms with Crippen molar-refractivity contribution in [2.24, 2.45) is 7.05 Å². The molecule has 2 aromatic rings. The van der Waals surface area contributed by atoms with E-state index in [0.29, 0.717) is 18.2 Å². The first-order valence-electron chi connectivity index (χ1n) is 6.22. The molecule has 1 aromatic carbocycles. The molecule has 0 atom stereocenters.